The van der Waals surface area contributed by atoms with Crippen LogP contribution in [0.3, 0.4) is 0 Å². The first-order valence-corrected chi connectivity index (χ1v) is 11.9. The number of hydrogen-bond donors (Lipinski definition) is 1. The standard InChI is InChI=1S/C29H33FN2O3/c1-4-22(3)31-29(34)26(18-23-11-6-5-7-12-23)32(19-24-14-16-25(30)17-15-24)28(33)20-35-27-13-9-8-10-21(27)2/h5-17,22,26H,4,18-20H2,1-3H3,(H,31,34)/t22-,26+/m0/s1. The fourth-order valence-corrected chi connectivity index (χ4v) is 3.72. The van der Waals surface area contributed by atoms with Crippen molar-refractivity contribution in [1.82, 2.24) is 10.2 Å². The molecule has 0 saturated heterocycles. The number of hydrogen-bond acceptors (Lipinski definition) is 3. The Morgan fingerprint density at radius 2 is 1.60 bits per heavy atom. The molecule has 0 aliphatic heterocycles. The number of ether oxygens (including phenoxy) is 1. The molecule has 2 amide bonds. The molecule has 0 unspecified atom stereocenters. The summed E-state index contributed by atoms with van der Waals surface area (Å²) in [4.78, 5) is 28.5. The molecule has 0 aliphatic rings. The topological polar surface area (TPSA) is 58.6 Å². The van der Waals surface area contributed by atoms with E-state index < -0.39 is 6.04 Å². The molecule has 3 rings (SSSR count). The van der Waals surface area contributed by atoms with E-state index >= 15 is 0 Å². The highest BCUT2D eigenvalue weighted by Crippen LogP contribution is 2.19. The van der Waals surface area contributed by atoms with E-state index in [0.717, 1.165) is 23.1 Å². The van der Waals surface area contributed by atoms with Crippen LogP contribution in [0.1, 0.15) is 37.0 Å². The van der Waals surface area contributed by atoms with Gasteiger partial charge in [-0.25, -0.2) is 4.39 Å². The second kappa shape index (κ2) is 12.7. The van der Waals surface area contributed by atoms with Crippen LogP contribution in [0.4, 0.5) is 4.39 Å². The summed E-state index contributed by atoms with van der Waals surface area (Å²) in [7, 11) is 0. The van der Waals surface area contributed by atoms with Gasteiger partial charge in [-0.05, 0) is 55.2 Å². The van der Waals surface area contributed by atoms with Gasteiger partial charge in [0, 0.05) is 19.0 Å². The highest BCUT2D eigenvalue weighted by atomic mass is 19.1. The maximum Gasteiger partial charge on any atom is 0.261 e. The van der Waals surface area contributed by atoms with Crippen molar-refractivity contribution < 1.29 is 18.7 Å². The van der Waals surface area contributed by atoms with Gasteiger partial charge in [-0.2, -0.15) is 0 Å². The fourth-order valence-electron chi connectivity index (χ4n) is 3.72. The molecule has 5 nitrogen and oxygen atoms in total. The largest absolute Gasteiger partial charge is 0.484 e. The van der Waals surface area contributed by atoms with Gasteiger partial charge in [0.1, 0.15) is 17.6 Å². The number of benzene rings is 3. The van der Waals surface area contributed by atoms with Crippen LogP contribution in [0.25, 0.3) is 0 Å². The molecule has 0 radical (unpaired) electrons. The van der Waals surface area contributed by atoms with Gasteiger partial charge >= 0.3 is 0 Å². The number of aryl methyl sites for hydroxylation is 1. The predicted octanol–water partition coefficient (Wildman–Crippen LogP) is 5.07. The Kier molecular flexibility index (Phi) is 9.41. The Morgan fingerprint density at radius 1 is 0.943 bits per heavy atom. The molecular weight excluding hydrogens is 443 g/mol. The number of para-hydroxylation sites is 1. The summed E-state index contributed by atoms with van der Waals surface area (Å²) < 4.78 is 19.4. The first-order chi connectivity index (χ1) is 16.9. The lowest BCUT2D eigenvalue weighted by Crippen LogP contribution is -2.53. The van der Waals surface area contributed by atoms with E-state index in [1.165, 1.54) is 17.0 Å². The summed E-state index contributed by atoms with van der Waals surface area (Å²) in [6, 6.07) is 22.2. The Bertz CT molecular complexity index is 1100. The van der Waals surface area contributed by atoms with E-state index in [9.17, 15) is 14.0 Å². The van der Waals surface area contributed by atoms with Crippen molar-refractivity contribution in [3.05, 3.63) is 101 Å². The van der Waals surface area contributed by atoms with Gasteiger partial charge < -0.3 is 15.0 Å². The summed E-state index contributed by atoms with van der Waals surface area (Å²) in [6.07, 6.45) is 1.12. The van der Waals surface area contributed by atoms with E-state index in [4.69, 9.17) is 4.74 Å². The highest BCUT2D eigenvalue weighted by molar-refractivity contribution is 5.88. The number of carbonyl (C=O) groups excluding carboxylic acids is 2. The van der Waals surface area contributed by atoms with Crippen LogP contribution >= 0.6 is 0 Å². The SMILES string of the molecule is CC[C@H](C)NC(=O)[C@@H](Cc1ccccc1)N(Cc1ccc(F)cc1)C(=O)COc1ccccc1C. The van der Waals surface area contributed by atoms with Gasteiger partial charge in [0.15, 0.2) is 6.61 Å². The van der Waals surface area contributed by atoms with Crippen LogP contribution in [0.2, 0.25) is 0 Å². The molecule has 3 aromatic rings. The molecule has 0 aromatic heterocycles. The maximum atomic E-state index is 13.5. The first kappa shape index (κ1) is 25.9. The van der Waals surface area contributed by atoms with Crippen molar-refractivity contribution in [2.24, 2.45) is 0 Å². The van der Waals surface area contributed by atoms with E-state index in [1.54, 1.807) is 12.1 Å². The molecular formula is C29H33FN2O3. The third-order valence-electron chi connectivity index (χ3n) is 5.98. The number of nitrogens with one attached hydrogen (secondary N) is 1. The molecule has 0 fully saturated rings. The van der Waals surface area contributed by atoms with Gasteiger partial charge in [-0.15, -0.1) is 0 Å². The van der Waals surface area contributed by atoms with Crippen LogP contribution in [-0.4, -0.2) is 35.4 Å². The van der Waals surface area contributed by atoms with E-state index in [1.807, 2.05) is 75.4 Å². The molecule has 0 spiro atoms. The molecule has 0 aliphatic carbocycles. The summed E-state index contributed by atoms with van der Waals surface area (Å²) >= 11 is 0. The first-order valence-electron chi connectivity index (χ1n) is 11.9. The van der Waals surface area contributed by atoms with Gasteiger partial charge in [0.25, 0.3) is 5.91 Å². The van der Waals surface area contributed by atoms with Crippen LogP contribution < -0.4 is 10.1 Å². The Labute approximate surface area is 206 Å². The number of nitrogens with zero attached hydrogens (tertiary/aromatic N) is 1. The Balaban J connectivity index is 1.91. The van der Waals surface area contributed by atoms with E-state index in [-0.39, 0.29) is 36.8 Å². The molecule has 3 aromatic carbocycles. The second-order valence-corrected chi connectivity index (χ2v) is 8.73. The van der Waals surface area contributed by atoms with Crippen LogP contribution in [0.5, 0.6) is 5.75 Å². The minimum Gasteiger partial charge on any atom is -0.484 e. The van der Waals surface area contributed by atoms with Gasteiger partial charge in [0.2, 0.25) is 5.91 Å². The summed E-state index contributed by atoms with van der Waals surface area (Å²) in [6.45, 7) is 5.78. The molecule has 0 saturated carbocycles. The Morgan fingerprint density at radius 3 is 2.26 bits per heavy atom. The molecule has 0 bridgehead atoms. The number of carbonyl (C=O) groups is 2. The molecule has 0 heterocycles. The molecule has 2 atom stereocenters. The summed E-state index contributed by atoms with van der Waals surface area (Å²) in [5.41, 5.74) is 2.58. The fraction of sp³-hybridized carbons (Fsp3) is 0.310. The molecule has 184 valence electrons. The second-order valence-electron chi connectivity index (χ2n) is 8.73. The third-order valence-corrected chi connectivity index (χ3v) is 5.98. The zero-order chi connectivity index (χ0) is 25.2. The molecule has 1 N–H and O–H groups in total. The number of amides is 2. The lowest BCUT2D eigenvalue weighted by atomic mass is 10.0. The van der Waals surface area contributed by atoms with Crippen molar-refractivity contribution in [2.75, 3.05) is 6.61 Å². The van der Waals surface area contributed by atoms with Gasteiger partial charge in [-0.1, -0.05) is 67.6 Å². The van der Waals surface area contributed by atoms with Crippen molar-refractivity contribution in [3.63, 3.8) is 0 Å². The van der Waals surface area contributed by atoms with E-state index in [2.05, 4.69) is 5.32 Å². The monoisotopic (exact) mass is 476 g/mol. The van der Waals surface area contributed by atoms with Gasteiger partial charge in [-0.3, -0.25) is 9.59 Å². The van der Waals surface area contributed by atoms with Crippen LogP contribution in [0.15, 0.2) is 78.9 Å². The lowest BCUT2D eigenvalue weighted by molar-refractivity contribution is -0.143. The van der Waals surface area contributed by atoms with Crippen LogP contribution in [-0.2, 0) is 22.6 Å². The van der Waals surface area contributed by atoms with Crippen molar-refractivity contribution in [3.8, 4) is 5.75 Å². The number of rotatable bonds is 11. The van der Waals surface area contributed by atoms with Crippen LogP contribution in [0, 0.1) is 12.7 Å². The minimum absolute atomic E-state index is 0.0354. The quantitative estimate of drug-likeness (QED) is 0.421. The zero-order valence-electron chi connectivity index (χ0n) is 20.5. The normalized spacial score (nSPS) is 12.5. The summed E-state index contributed by atoms with van der Waals surface area (Å²) in [5, 5.41) is 3.03. The highest BCUT2D eigenvalue weighted by Gasteiger charge is 2.31. The third kappa shape index (κ3) is 7.67. The Hall–Kier alpha value is -3.67. The average molecular weight is 477 g/mol. The van der Waals surface area contributed by atoms with E-state index in [0.29, 0.717) is 12.2 Å². The van der Waals surface area contributed by atoms with Gasteiger partial charge in [0.05, 0.1) is 0 Å². The van der Waals surface area contributed by atoms with Crippen molar-refractivity contribution in [1.29, 1.82) is 0 Å². The maximum absolute atomic E-state index is 13.5. The predicted molar refractivity (Wildman–Crippen MR) is 135 cm³/mol. The number of halogens is 1. The van der Waals surface area contributed by atoms with Crippen molar-refractivity contribution >= 4 is 11.8 Å². The average Bonchev–Trinajstić information content (AvgIpc) is 2.87. The molecule has 6 heteroatoms. The zero-order valence-corrected chi connectivity index (χ0v) is 20.5. The van der Waals surface area contributed by atoms with Crippen molar-refractivity contribution in [2.45, 2.75) is 52.2 Å². The minimum atomic E-state index is -0.760. The molecule has 35 heavy (non-hydrogen) atoms. The lowest BCUT2D eigenvalue weighted by Gasteiger charge is -2.32. The summed E-state index contributed by atoms with van der Waals surface area (Å²) in [5.74, 6) is -0.288. The smallest absolute Gasteiger partial charge is 0.261 e.